The second kappa shape index (κ2) is 8.25. The van der Waals surface area contributed by atoms with Crippen molar-refractivity contribution < 1.29 is 0 Å². The largest absolute Gasteiger partial charge is 0.308 e. The van der Waals surface area contributed by atoms with Gasteiger partial charge in [-0.05, 0) is 18.8 Å². The highest BCUT2D eigenvalue weighted by Gasteiger charge is 2.23. The zero-order chi connectivity index (χ0) is 15.2. The van der Waals surface area contributed by atoms with Crippen LogP contribution < -0.4 is 5.32 Å². The molecule has 0 spiro atoms. The van der Waals surface area contributed by atoms with Gasteiger partial charge in [0.25, 0.3) is 0 Å². The van der Waals surface area contributed by atoms with Crippen LogP contribution in [0.25, 0.3) is 0 Å². The number of nitrogens with zero attached hydrogens (tertiary/aromatic N) is 2. The maximum atomic E-state index is 4.82. The Morgan fingerprint density at radius 2 is 2.00 bits per heavy atom. The molecule has 4 heteroatoms. The predicted octanol–water partition coefficient (Wildman–Crippen LogP) is 4.04. The molecule has 0 aromatic carbocycles. The first-order chi connectivity index (χ1) is 10.0. The molecule has 1 fully saturated rings. The SMILES string of the molecule is CC(C)CN(Cc1csc(CNC(C)C)n1)C1CCCC1. The van der Waals surface area contributed by atoms with Crippen molar-refractivity contribution in [2.75, 3.05) is 6.54 Å². The molecule has 0 bridgehead atoms. The van der Waals surface area contributed by atoms with Gasteiger partial charge in [-0.3, -0.25) is 4.90 Å². The Morgan fingerprint density at radius 3 is 2.62 bits per heavy atom. The second-order valence-electron chi connectivity index (χ2n) is 7.03. The van der Waals surface area contributed by atoms with Gasteiger partial charge in [0, 0.05) is 37.1 Å². The van der Waals surface area contributed by atoms with E-state index in [0.717, 1.165) is 25.0 Å². The summed E-state index contributed by atoms with van der Waals surface area (Å²) in [6.45, 7) is 12.1. The van der Waals surface area contributed by atoms with Crippen molar-refractivity contribution in [3.63, 3.8) is 0 Å². The van der Waals surface area contributed by atoms with E-state index in [9.17, 15) is 0 Å². The van der Waals surface area contributed by atoms with E-state index in [4.69, 9.17) is 4.98 Å². The van der Waals surface area contributed by atoms with E-state index in [2.05, 4.69) is 43.3 Å². The van der Waals surface area contributed by atoms with Crippen molar-refractivity contribution in [1.82, 2.24) is 15.2 Å². The van der Waals surface area contributed by atoms with Crippen LogP contribution in [0.3, 0.4) is 0 Å². The fourth-order valence-electron chi connectivity index (χ4n) is 3.08. The highest BCUT2D eigenvalue weighted by atomic mass is 32.1. The molecule has 0 amide bonds. The quantitative estimate of drug-likeness (QED) is 0.785. The Labute approximate surface area is 134 Å². The van der Waals surface area contributed by atoms with Crippen LogP contribution in [0.1, 0.15) is 64.1 Å². The summed E-state index contributed by atoms with van der Waals surface area (Å²) in [6, 6.07) is 1.31. The van der Waals surface area contributed by atoms with Crippen LogP contribution in [-0.2, 0) is 13.1 Å². The van der Waals surface area contributed by atoms with Crippen molar-refractivity contribution >= 4 is 11.3 Å². The Hall–Kier alpha value is -0.450. The standard InChI is InChI=1S/C17H31N3S/c1-13(2)10-20(16-7-5-6-8-16)11-15-12-21-17(19-15)9-18-14(3)4/h12-14,16,18H,5-11H2,1-4H3. The summed E-state index contributed by atoms with van der Waals surface area (Å²) >= 11 is 1.79. The zero-order valence-corrected chi connectivity index (χ0v) is 14.9. The number of hydrogen-bond acceptors (Lipinski definition) is 4. The highest BCUT2D eigenvalue weighted by Crippen LogP contribution is 2.26. The van der Waals surface area contributed by atoms with Gasteiger partial charge in [0.15, 0.2) is 0 Å². The van der Waals surface area contributed by atoms with Crippen molar-refractivity contribution in [2.45, 2.75) is 78.6 Å². The topological polar surface area (TPSA) is 28.2 Å². The minimum Gasteiger partial charge on any atom is -0.308 e. The van der Waals surface area contributed by atoms with Gasteiger partial charge in [-0.25, -0.2) is 4.98 Å². The van der Waals surface area contributed by atoms with E-state index >= 15 is 0 Å². The van der Waals surface area contributed by atoms with E-state index < -0.39 is 0 Å². The molecule has 1 aromatic rings. The molecule has 0 unspecified atom stereocenters. The molecular weight excluding hydrogens is 278 g/mol. The van der Waals surface area contributed by atoms with Gasteiger partial charge in [0.2, 0.25) is 0 Å². The Morgan fingerprint density at radius 1 is 1.29 bits per heavy atom. The third kappa shape index (κ3) is 5.68. The first kappa shape index (κ1) is 16.9. The molecule has 1 aliphatic carbocycles. The van der Waals surface area contributed by atoms with Gasteiger partial charge in [0.1, 0.15) is 5.01 Å². The van der Waals surface area contributed by atoms with E-state index in [-0.39, 0.29) is 0 Å². The van der Waals surface area contributed by atoms with Crippen LogP contribution in [-0.4, -0.2) is 28.5 Å². The minimum absolute atomic E-state index is 0.522. The molecule has 1 aliphatic rings. The average molecular weight is 310 g/mol. The fraction of sp³-hybridized carbons (Fsp3) is 0.824. The zero-order valence-electron chi connectivity index (χ0n) is 14.1. The van der Waals surface area contributed by atoms with Crippen LogP contribution in [0.2, 0.25) is 0 Å². The maximum absolute atomic E-state index is 4.82. The molecule has 0 radical (unpaired) electrons. The van der Waals surface area contributed by atoms with Crippen LogP contribution in [0.5, 0.6) is 0 Å². The summed E-state index contributed by atoms with van der Waals surface area (Å²) in [7, 11) is 0. The van der Waals surface area contributed by atoms with Crippen LogP contribution in [0, 0.1) is 5.92 Å². The summed E-state index contributed by atoms with van der Waals surface area (Å²) in [5, 5.41) is 6.92. The number of hydrogen-bond donors (Lipinski definition) is 1. The molecule has 0 atom stereocenters. The molecule has 1 saturated carbocycles. The number of aromatic nitrogens is 1. The molecule has 0 aliphatic heterocycles. The van der Waals surface area contributed by atoms with Crippen LogP contribution >= 0.6 is 11.3 Å². The van der Waals surface area contributed by atoms with Crippen molar-refractivity contribution in [3.05, 3.63) is 16.1 Å². The molecule has 1 heterocycles. The van der Waals surface area contributed by atoms with Gasteiger partial charge >= 0.3 is 0 Å². The van der Waals surface area contributed by atoms with Crippen molar-refractivity contribution in [1.29, 1.82) is 0 Å². The number of nitrogens with one attached hydrogen (secondary N) is 1. The summed E-state index contributed by atoms with van der Waals surface area (Å²) in [5.41, 5.74) is 1.26. The predicted molar refractivity (Wildman–Crippen MR) is 91.6 cm³/mol. The van der Waals surface area contributed by atoms with Gasteiger partial charge in [0.05, 0.1) is 5.69 Å². The Kier molecular flexibility index (Phi) is 6.65. The van der Waals surface area contributed by atoms with E-state index in [1.165, 1.54) is 42.9 Å². The highest BCUT2D eigenvalue weighted by molar-refractivity contribution is 7.09. The van der Waals surface area contributed by atoms with Gasteiger partial charge in [-0.1, -0.05) is 40.5 Å². The Bertz CT molecular complexity index is 408. The lowest BCUT2D eigenvalue weighted by atomic mass is 10.1. The Balaban J connectivity index is 1.92. The van der Waals surface area contributed by atoms with Gasteiger partial charge < -0.3 is 5.32 Å². The normalized spacial score (nSPS) is 16.7. The maximum Gasteiger partial charge on any atom is 0.107 e. The lowest BCUT2D eigenvalue weighted by Gasteiger charge is -2.29. The first-order valence-electron chi connectivity index (χ1n) is 8.45. The van der Waals surface area contributed by atoms with Gasteiger partial charge in [-0.15, -0.1) is 11.3 Å². The fourth-order valence-corrected chi connectivity index (χ4v) is 3.82. The summed E-state index contributed by atoms with van der Waals surface area (Å²) in [6.07, 6.45) is 5.55. The van der Waals surface area contributed by atoms with Gasteiger partial charge in [-0.2, -0.15) is 0 Å². The second-order valence-corrected chi connectivity index (χ2v) is 7.97. The first-order valence-corrected chi connectivity index (χ1v) is 9.33. The number of rotatable bonds is 8. The molecular formula is C17H31N3S. The third-order valence-electron chi connectivity index (χ3n) is 4.07. The van der Waals surface area contributed by atoms with E-state index in [1.54, 1.807) is 11.3 Å². The molecule has 21 heavy (non-hydrogen) atoms. The minimum atomic E-state index is 0.522. The van der Waals surface area contributed by atoms with Crippen LogP contribution in [0.15, 0.2) is 5.38 Å². The summed E-state index contributed by atoms with van der Waals surface area (Å²) in [4.78, 5) is 7.49. The molecule has 2 rings (SSSR count). The summed E-state index contributed by atoms with van der Waals surface area (Å²) < 4.78 is 0. The number of thiazole rings is 1. The van der Waals surface area contributed by atoms with Crippen LogP contribution in [0.4, 0.5) is 0 Å². The van der Waals surface area contributed by atoms with E-state index in [1.807, 2.05) is 0 Å². The lowest BCUT2D eigenvalue weighted by Crippen LogP contribution is -2.35. The van der Waals surface area contributed by atoms with Crippen molar-refractivity contribution in [2.24, 2.45) is 5.92 Å². The molecule has 1 aromatic heterocycles. The monoisotopic (exact) mass is 309 g/mol. The molecule has 0 saturated heterocycles. The smallest absolute Gasteiger partial charge is 0.107 e. The van der Waals surface area contributed by atoms with E-state index in [0.29, 0.717) is 6.04 Å². The third-order valence-corrected chi connectivity index (χ3v) is 4.96. The molecule has 120 valence electrons. The lowest BCUT2D eigenvalue weighted by molar-refractivity contribution is 0.167. The molecule has 3 nitrogen and oxygen atoms in total. The summed E-state index contributed by atoms with van der Waals surface area (Å²) in [5.74, 6) is 0.728. The van der Waals surface area contributed by atoms with Crippen molar-refractivity contribution in [3.8, 4) is 0 Å². The molecule has 1 N–H and O–H groups in total. The average Bonchev–Trinajstić information content (AvgIpc) is 3.06.